The molecule has 1 amide bonds. The van der Waals surface area contributed by atoms with Gasteiger partial charge in [-0.2, -0.15) is 0 Å². The van der Waals surface area contributed by atoms with E-state index in [-0.39, 0.29) is 11.7 Å². The first-order chi connectivity index (χ1) is 13.8. The highest BCUT2D eigenvalue weighted by Crippen LogP contribution is 2.25. The summed E-state index contributed by atoms with van der Waals surface area (Å²) in [5.74, 6) is -0.408. The smallest absolute Gasteiger partial charge is 0.341 e. The number of halogens is 1. The summed E-state index contributed by atoms with van der Waals surface area (Å²) in [5.41, 5.74) is 3.25. The number of amides is 1. The SMILES string of the molecule is Cc1cc(C(=O)NCCc2nc3ccc(F)cc3n2C)cc(C)c1OCC(=O)O. The number of ether oxygens (including phenoxy) is 1. The van der Waals surface area contributed by atoms with E-state index in [2.05, 4.69) is 10.3 Å². The van der Waals surface area contributed by atoms with Crippen LogP contribution in [0.15, 0.2) is 30.3 Å². The van der Waals surface area contributed by atoms with Gasteiger partial charge < -0.3 is 19.7 Å². The number of nitrogens with zero attached hydrogens (tertiary/aromatic N) is 2. The largest absolute Gasteiger partial charge is 0.481 e. The van der Waals surface area contributed by atoms with Crippen LogP contribution in [0, 0.1) is 19.7 Å². The first-order valence-electron chi connectivity index (χ1n) is 9.11. The number of rotatable bonds is 7. The summed E-state index contributed by atoms with van der Waals surface area (Å²) in [5, 5.41) is 11.6. The number of carbonyl (C=O) groups is 2. The number of aryl methyl sites for hydroxylation is 3. The molecule has 7 nitrogen and oxygen atoms in total. The molecule has 2 N–H and O–H groups in total. The van der Waals surface area contributed by atoms with Gasteiger partial charge in [-0.15, -0.1) is 0 Å². The second-order valence-corrected chi connectivity index (χ2v) is 6.85. The number of aromatic nitrogens is 2. The van der Waals surface area contributed by atoms with Crippen LogP contribution in [-0.4, -0.2) is 39.7 Å². The predicted molar refractivity (Wildman–Crippen MR) is 106 cm³/mol. The first-order valence-corrected chi connectivity index (χ1v) is 9.11. The Hall–Kier alpha value is -3.42. The van der Waals surface area contributed by atoms with E-state index >= 15 is 0 Å². The van der Waals surface area contributed by atoms with Crippen LogP contribution in [-0.2, 0) is 18.3 Å². The van der Waals surface area contributed by atoms with Crippen molar-refractivity contribution in [3.8, 4) is 5.75 Å². The highest BCUT2D eigenvalue weighted by atomic mass is 19.1. The Bertz CT molecular complexity index is 1070. The van der Waals surface area contributed by atoms with Gasteiger partial charge >= 0.3 is 5.97 Å². The quantitative estimate of drug-likeness (QED) is 0.637. The van der Waals surface area contributed by atoms with E-state index in [9.17, 15) is 14.0 Å². The molecule has 0 aliphatic rings. The summed E-state index contributed by atoms with van der Waals surface area (Å²) in [6.07, 6.45) is 0.496. The third kappa shape index (κ3) is 4.53. The Morgan fingerprint density at radius 3 is 2.55 bits per heavy atom. The van der Waals surface area contributed by atoms with Crippen LogP contribution in [0.3, 0.4) is 0 Å². The molecule has 152 valence electrons. The van der Waals surface area contributed by atoms with Crippen molar-refractivity contribution in [1.82, 2.24) is 14.9 Å². The molecule has 0 aliphatic heterocycles. The van der Waals surface area contributed by atoms with E-state index in [0.29, 0.717) is 46.4 Å². The molecule has 0 unspecified atom stereocenters. The van der Waals surface area contributed by atoms with Gasteiger partial charge in [0.15, 0.2) is 6.61 Å². The number of hydrogen-bond donors (Lipinski definition) is 2. The van der Waals surface area contributed by atoms with Crippen LogP contribution in [0.25, 0.3) is 11.0 Å². The number of carboxylic acid groups (broad SMARTS) is 1. The summed E-state index contributed by atoms with van der Waals surface area (Å²) < 4.78 is 20.5. The Morgan fingerprint density at radius 1 is 1.21 bits per heavy atom. The summed E-state index contributed by atoms with van der Waals surface area (Å²) >= 11 is 0. The summed E-state index contributed by atoms with van der Waals surface area (Å²) in [6.45, 7) is 3.46. The minimum atomic E-state index is -1.06. The average molecular weight is 399 g/mol. The number of aliphatic carboxylic acids is 1. The Morgan fingerprint density at radius 2 is 1.90 bits per heavy atom. The standard InChI is InChI=1S/C21H22FN3O4/c1-12-8-14(9-13(2)20(12)29-11-19(26)27)21(28)23-7-6-18-24-16-5-4-15(22)10-17(16)25(18)3/h4-5,8-10H,6-7,11H2,1-3H3,(H,23,28)(H,26,27). The number of nitrogens with one attached hydrogen (secondary N) is 1. The molecular formula is C21H22FN3O4. The maximum absolute atomic E-state index is 13.4. The second-order valence-electron chi connectivity index (χ2n) is 6.85. The molecule has 0 atom stereocenters. The fraction of sp³-hybridized carbons (Fsp3) is 0.286. The van der Waals surface area contributed by atoms with Gasteiger partial charge in [0.25, 0.3) is 5.91 Å². The highest BCUT2D eigenvalue weighted by Gasteiger charge is 2.14. The van der Waals surface area contributed by atoms with Crippen molar-refractivity contribution in [3.63, 3.8) is 0 Å². The molecule has 2 aromatic carbocycles. The van der Waals surface area contributed by atoms with Gasteiger partial charge in [-0.1, -0.05) is 0 Å². The highest BCUT2D eigenvalue weighted by molar-refractivity contribution is 5.95. The fourth-order valence-corrected chi connectivity index (χ4v) is 3.27. The molecule has 0 bridgehead atoms. The number of carboxylic acids is 1. The second kappa shape index (κ2) is 8.30. The van der Waals surface area contributed by atoms with Crippen molar-refractivity contribution >= 4 is 22.9 Å². The molecule has 1 heterocycles. The van der Waals surface area contributed by atoms with Crippen LogP contribution in [0.4, 0.5) is 4.39 Å². The Kier molecular flexibility index (Phi) is 5.81. The van der Waals surface area contributed by atoms with Crippen LogP contribution in [0.2, 0.25) is 0 Å². The van der Waals surface area contributed by atoms with Gasteiger partial charge in [0.05, 0.1) is 11.0 Å². The molecule has 0 radical (unpaired) electrons. The van der Waals surface area contributed by atoms with Crippen LogP contribution >= 0.6 is 0 Å². The first kappa shape index (κ1) is 20.3. The lowest BCUT2D eigenvalue weighted by Gasteiger charge is -2.13. The normalized spacial score (nSPS) is 10.9. The molecule has 0 saturated carbocycles. The van der Waals surface area contributed by atoms with E-state index in [0.717, 1.165) is 5.82 Å². The molecule has 3 rings (SSSR count). The van der Waals surface area contributed by atoms with Crippen LogP contribution < -0.4 is 10.1 Å². The van der Waals surface area contributed by atoms with Gasteiger partial charge in [0, 0.05) is 25.6 Å². The molecule has 3 aromatic rings. The van der Waals surface area contributed by atoms with Crippen molar-refractivity contribution in [2.24, 2.45) is 7.05 Å². The Labute approximate surface area is 167 Å². The molecular weight excluding hydrogens is 377 g/mol. The van der Waals surface area contributed by atoms with Gasteiger partial charge in [-0.25, -0.2) is 14.2 Å². The molecule has 8 heteroatoms. The number of fused-ring (bicyclic) bond motifs is 1. The van der Waals surface area contributed by atoms with Crippen molar-refractivity contribution in [1.29, 1.82) is 0 Å². The molecule has 1 aromatic heterocycles. The van der Waals surface area contributed by atoms with E-state index in [1.54, 1.807) is 32.0 Å². The lowest BCUT2D eigenvalue weighted by molar-refractivity contribution is -0.139. The number of carbonyl (C=O) groups excluding carboxylic acids is 1. The zero-order valence-corrected chi connectivity index (χ0v) is 16.5. The van der Waals surface area contributed by atoms with Crippen molar-refractivity contribution in [3.05, 3.63) is 58.7 Å². The van der Waals surface area contributed by atoms with E-state index in [1.807, 2.05) is 11.6 Å². The average Bonchev–Trinajstić information content (AvgIpc) is 2.96. The molecule has 0 saturated heterocycles. The summed E-state index contributed by atoms with van der Waals surface area (Å²) in [4.78, 5) is 27.7. The Balaban J connectivity index is 1.65. The van der Waals surface area contributed by atoms with Crippen LogP contribution in [0.1, 0.15) is 27.3 Å². The zero-order valence-electron chi connectivity index (χ0n) is 16.5. The maximum Gasteiger partial charge on any atom is 0.341 e. The van der Waals surface area contributed by atoms with Gasteiger partial charge in [0.1, 0.15) is 17.4 Å². The van der Waals surface area contributed by atoms with Gasteiger partial charge in [0.2, 0.25) is 0 Å². The third-order valence-electron chi connectivity index (χ3n) is 4.63. The number of hydrogen-bond acceptors (Lipinski definition) is 4. The molecule has 0 spiro atoms. The van der Waals surface area contributed by atoms with E-state index < -0.39 is 12.6 Å². The molecule has 0 fully saturated rings. The van der Waals surface area contributed by atoms with Crippen LogP contribution in [0.5, 0.6) is 5.75 Å². The zero-order chi connectivity index (χ0) is 21.1. The third-order valence-corrected chi connectivity index (χ3v) is 4.63. The van der Waals surface area contributed by atoms with Crippen molar-refractivity contribution < 1.29 is 23.8 Å². The maximum atomic E-state index is 13.4. The van der Waals surface area contributed by atoms with E-state index in [1.165, 1.54) is 12.1 Å². The van der Waals surface area contributed by atoms with Gasteiger partial charge in [-0.3, -0.25) is 4.79 Å². The minimum absolute atomic E-state index is 0.245. The van der Waals surface area contributed by atoms with Gasteiger partial charge in [-0.05, 0) is 55.3 Å². The molecule has 29 heavy (non-hydrogen) atoms. The number of benzene rings is 2. The fourth-order valence-electron chi connectivity index (χ4n) is 3.27. The molecule has 0 aliphatic carbocycles. The minimum Gasteiger partial charge on any atom is -0.481 e. The van der Waals surface area contributed by atoms with Crippen molar-refractivity contribution in [2.45, 2.75) is 20.3 Å². The van der Waals surface area contributed by atoms with E-state index in [4.69, 9.17) is 9.84 Å². The number of imidazole rings is 1. The monoisotopic (exact) mass is 399 g/mol. The predicted octanol–water partition coefficient (Wildman–Crippen LogP) is 2.77. The summed E-state index contributed by atoms with van der Waals surface area (Å²) in [7, 11) is 1.81. The lowest BCUT2D eigenvalue weighted by Crippen LogP contribution is -2.26. The lowest BCUT2D eigenvalue weighted by atomic mass is 10.1. The summed E-state index contributed by atoms with van der Waals surface area (Å²) in [6, 6.07) is 7.76. The van der Waals surface area contributed by atoms with Crippen molar-refractivity contribution in [2.75, 3.05) is 13.2 Å². The topological polar surface area (TPSA) is 93.5 Å².